The molecule has 6 heterocycles. The summed E-state index contributed by atoms with van der Waals surface area (Å²) in [6.07, 6.45) is 4.36. The van der Waals surface area contributed by atoms with Crippen LogP contribution in [0.5, 0.6) is 11.5 Å². The van der Waals surface area contributed by atoms with Gasteiger partial charge in [0.2, 0.25) is 11.4 Å². The summed E-state index contributed by atoms with van der Waals surface area (Å²) in [4.78, 5) is 93.1. The highest BCUT2D eigenvalue weighted by Gasteiger charge is 2.81. The first kappa shape index (κ1) is 65.8. The summed E-state index contributed by atoms with van der Waals surface area (Å²) in [6.45, 7) is 10.3. The summed E-state index contributed by atoms with van der Waals surface area (Å²) in [6, 6.07) is 14.1. The van der Waals surface area contributed by atoms with E-state index < -0.39 is 133 Å². The number of ether oxygens (including phenoxy) is 4. The number of likely N-dealkylation sites (N-methyl/N-ethyl adjacent to an activating group) is 2. The number of nitrogens with one attached hydrogen (secondary N) is 1. The number of carbonyl (C=O) groups is 6. The minimum absolute atomic E-state index is 0. The molecule has 1 aromatic heterocycles. The number of para-hydroxylation sites is 1. The molecule has 1 unspecified atom stereocenters. The lowest BCUT2D eigenvalue weighted by atomic mass is 9.47. The predicted octanol–water partition coefficient (Wildman–Crippen LogP) is 2.66. The van der Waals surface area contributed by atoms with Crippen LogP contribution in [0.2, 0.25) is 0 Å². The Hall–Kier alpha value is -7.68. The molecular formula is C68H84N6O18. The number of fused-ring (bicyclic) bond motifs is 9. The van der Waals surface area contributed by atoms with Gasteiger partial charge in [0.15, 0.2) is 17.5 Å². The zero-order valence-electron chi connectivity index (χ0n) is 53.4. The van der Waals surface area contributed by atoms with Crippen molar-refractivity contribution < 1.29 is 88.9 Å². The van der Waals surface area contributed by atoms with Crippen molar-refractivity contribution in [2.75, 3.05) is 80.1 Å². The lowest BCUT2D eigenvalue weighted by molar-refractivity contribution is -0.228. The third kappa shape index (κ3) is 8.69. The van der Waals surface area contributed by atoms with Crippen LogP contribution in [0.4, 0.5) is 5.69 Å². The second kappa shape index (κ2) is 22.8. The van der Waals surface area contributed by atoms with Crippen LogP contribution in [-0.4, -0.2) is 219 Å². The number of primary amides is 1. The molecule has 24 nitrogen and oxygen atoms in total. The molecule has 0 radical (unpaired) electrons. The molecule has 1 amide bonds. The molecule has 4 aromatic rings. The zero-order chi connectivity index (χ0) is 65.7. The minimum atomic E-state index is -2.89. The second-order valence-electron chi connectivity index (χ2n) is 27.0. The van der Waals surface area contributed by atoms with Crippen molar-refractivity contribution >= 4 is 57.7 Å². The number of hydrogen-bond acceptors (Lipinski definition) is 21. The first-order chi connectivity index (χ1) is 43.1. The zero-order valence-corrected chi connectivity index (χ0v) is 53.4. The van der Waals surface area contributed by atoms with Gasteiger partial charge in [-0.15, -0.1) is 0 Å². The molecule has 24 heteroatoms. The maximum atomic E-state index is 15.3. The average molecular weight is 1270 g/mol. The van der Waals surface area contributed by atoms with Crippen LogP contribution in [0.3, 0.4) is 0 Å². The number of nitrogens with zero attached hydrogens (tertiary/aromatic N) is 4. The molecule has 4 fully saturated rings. The Bertz CT molecular complexity index is 3860. The summed E-state index contributed by atoms with van der Waals surface area (Å²) in [5.74, 6) is -10.4. The molecule has 16 atom stereocenters. The number of H-pyrrole nitrogens is 1. The second-order valence-corrected chi connectivity index (χ2v) is 27.0. The quantitative estimate of drug-likeness (QED) is 0.0503. The van der Waals surface area contributed by atoms with Gasteiger partial charge in [0, 0.05) is 102 Å². The van der Waals surface area contributed by atoms with Crippen LogP contribution >= 0.6 is 0 Å². The van der Waals surface area contributed by atoms with Crippen LogP contribution < -0.4 is 15.4 Å². The summed E-state index contributed by atoms with van der Waals surface area (Å²) in [7, 11) is 9.07. The van der Waals surface area contributed by atoms with E-state index >= 15 is 4.79 Å². The van der Waals surface area contributed by atoms with Crippen molar-refractivity contribution in [3.8, 4) is 11.5 Å². The molecule has 2 saturated carbocycles. The Labute approximate surface area is 532 Å². The fourth-order valence-corrected chi connectivity index (χ4v) is 19.1. The Morgan fingerprint density at radius 1 is 0.891 bits per heavy atom. The van der Waals surface area contributed by atoms with Gasteiger partial charge >= 0.3 is 17.9 Å². The Morgan fingerprint density at radius 2 is 1.60 bits per heavy atom. The summed E-state index contributed by atoms with van der Waals surface area (Å²) in [5.41, 5.74) is -0.156. The van der Waals surface area contributed by atoms with E-state index in [0.717, 1.165) is 33.4 Å². The lowest BCUT2D eigenvalue weighted by Crippen LogP contribution is -2.81. The maximum absolute atomic E-state index is 15.3. The van der Waals surface area contributed by atoms with Crippen LogP contribution in [0.1, 0.15) is 99.2 Å². The van der Waals surface area contributed by atoms with E-state index in [0.29, 0.717) is 88.1 Å². The van der Waals surface area contributed by atoms with Crippen LogP contribution in [0.15, 0.2) is 83.7 Å². The van der Waals surface area contributed by atoms with Crippen LogP contribution in [0, 0.1) is 23.2 Å². The van der Waals surface area contributed by atoms with Crippen molar-refractivity contribution in [2.45, 2.75) is 130 Å². The number of aromatic hydroxyl groups is 1. The molecule has 3 aromatic carbocycles. The molecule has 494 valence electrons. The Balaban J connectivity index is 0.000000222. The molecule has 2 bridgehead atoms. The highest BCUT2D eigenvalue weighted by Crippen LogP contribution is 2.69. The molecule has 4 aliphatic carbocycles. The molecule has 2 saturated heterocycles. The van der Waals surface area contributed by atoms with Gasteiger partial charge < -0.3 is 75.8 Å². The van der Waals surface area contributed by atoms with Gasteiger partial charge in [-0.05, 0) is 106 Å². The number of aliphatic hydroxyl groups is 6. The number of aliphatic hydroxyl groups excluding tert-OH is 3. The number of phenols is 1. The smallest absolute Gasteiger partial charge is 0.344 e. The molecular weight excluding hydrogens is 1190 g/mol. The van der Waals surface area contributed by atoms with Gasteiger partial charge in [0.25, 0.3) is 5.91 Å². The minimum Gasteiger partial charge on any atom is -0.508 e. The van der Waals surface area contributed by atoms with Gasteiger partial charge in [0.05, 0.1) is 56.6 Å². The van der Waals surface area contributed by atoms with E-state index in [1.807, 2.05) is 50.1 Å². The van der Waals surface area contributed by atoms with Crippen molar-refractivity contribution in [2.24, 2.45) is 28.9 Å². The van der Waals surface area contributed by atoms with Crippen molar-refractivity contribution in [3.63, 3.8) is 0 Å². The number of amides is 1. The molecule has 12 N–H and O–H groups in total. The normalized spacial score (nSPS) is 35.7. The van der Waals surface area contributed by atoms with E-state index in [1.54, 1.807) is 26.2 Å². The van der Waals surface area contributed by atoms with E-state index in [-0.39, 0.29) is 28.7 Å². The number of carbonyl (C=O) groups excluding carboxylic acids is 6. The predicted molar refractivity (Wildman–Crippen MR) is 334 cm³/mol. The number of esters is 3. The van der Waals surface area contributed by atoms with E-state index in [4.69, 9.17) is 24.7 Å². The third-order valence-electron chi connectivity index (χ3n) is 22.6. The molecule has 1 spiro atoms. The van der Waals surface area contributed by atoms with Gasteiger partial charge in [0.1, 0.15) is 34.0 Å². The fraction of sp³-hybridized carbons (Fsp3) is 0.529. The number of Topliss-reactive ketones (excluding diaryl/α,β-unsaturated/α-hetero) is 2. The number of rotatable bonds is 9. The van der Waals surface area contributed by atoms with Gasteiger partial charge in [-0.1, -0.05) is 63.3 Å². The largest absolute Gasteiger partial charge is 0.508 e. The number of aromatic nitrogens is 1. The molecule has 13 rings (SSSR count). The van der Waals surface area contributed by atoms with Crippen LogP contribution in [0.25, 0.3) is 16.7 Å². The van der Waals surface area contributed by atoms with Crippen molar-refractivity contribution in [3.05, 3.63) is 117 Å². The first-order valence-corrected chi connectivity index (χ1v) is 31.2. The van der Waals surface area contributed by atoms with E-state index in [1.165, 1.54) is 46.2 Å². The monoisotopic (exact) mass is 1270 g/mol. The number of phenolic OH excluding ortho intramolecular Hbond substituents is 1. The topological polar surface area (TPSA) is 367 Å². The Kier molecular flexibility index (Phi) is 16.3. The van der Waals surface area contributed by atoms with E-state index in [9.17, 15) is 59.7 Å². The van der Waals surface area contributed by atoms with Gasteiger partial charge in [-0.25, -0.2) is 4.79 Å². The summed E-state index contributed by atoms with van der Waals surface area (Å²) < 4.78 is 23.9. The standard InChI is InChI=1S/C46H58N4O9.C22H24N2O8.H2O/c1-8-42(54)23-28-24-45(40(52)57-6,36-30(15-19-49(25-28)26-42)29-13-10-11-14-33(29)47-36)32-21-31-34(22-35(32)56-5)48(4)38-44(31)17-20-50-18-12-16-43(9-2,37(44)50)39(59-27(3)51)46(38,55)41(53)58-7;1-7-8-5-4-6-9(25)11(8)16(26)12-10(7)17(27)14-15(24(2)3)18(28)13(21(23)31)20(30)22(14,32)19(12)29;/h10-14,16,21-22,28,37-39,47,54-55H,8-9,15,17-20,23-26H2,1-7H3;4-7,10,14-15,17,25-27,30,32H,1-3H3,(H2,23,31);1H2/t28-,37-,38+,39+,42-,43+,44+,45-,46-;7-,10+,14+,15-,17-,22-;/m00./s1. The number of ketones is 2. The van der Waals surface area contributed by atoms with Crippen molar-refractivity contribution in [1.82, 2.24) is 19.7 Å². The number of piperidine rings is 1. The van der Waals surface area contributed by atoms with Crippen LogP contribution in [-0.2, 0) is 60.2 Å². The van der Waals surface area contributed by atoms with Gasteiger partial charge in [-0.3, -0.25) is 38.7 Å². The van der Waals surface area contributed by atoms with E-state index in [2.05, 4.69) is 39.1 Å². The number of hydrogen-bond donors (Lipinski definition) is 9. The third-order valence-corrected chi connectivity index (χ3v) is 22.6. The SMILES string of the molecule is CC[C@]1(O)C[C@@H]2CN(CCc3c([nH]c4ccccc34)[C@@](C(=O)OC)(c3cc4c(cc3OC)N(C)[C@H]3[C@@](O)(C(=O)OC)[C@H](OC(C)=O)[C@]5(CC)C=CCN6CC[C@]43[C@@H]65)C2)C1.C[C@H]1c2cccc(O)c2C(O)=C2C(=O)[C@]3(O)C(O)=C(C(N)=O)C(=O)[C@@H](N(C)C)[C@@H]3[C@@H](O)[C@@H]21.O. The number of nitrogens with two attached hydrogens (primary N) is 1. The highest BCUT2D eigenvalue weighted by atomic mass is 16.6. The lowest BCUT2D eigenvalue weighted by Gasteiger charge is -2.63. The first-order valence-electron chi connectivity index (χ1n) is 31.2. The average Bonchev–Trinajstić information content (AvgIpc) is 1.44. The number of aromatic amines is 1. The van der Waals surface area contributed by atoms with Gasteiger partial charge in [-0.2, -0.15) is 0 Å². The van der Waals surface area contributed by atoms with Crippen molar-refractivity contribution in [1.29, 1.82) is 0 Å². The number of benzene rings is 3. The maximum Gasteiger partial charge on any atom is 0.344 e. The Morgan fingerprint density at radius 3 is 2.24 bits per heavy atom. The molecule has 5 aliphatic heterocycles. The molecule has 9 aliphatic rings. The number of anilines is 1. The summed E-state index contributed by atoms with van der Waals surface area (Å²) in [5, 5.41) is 81.2. The number of methoxy groups -OCH3 is 3. The fourth-order valence-electron chi connectivity index (χ4n) is 19.1. The molecule has 92 heavy (non-hydrogen) atoms. The highest BCUT2D eigenvalue weighted by molar-refractivity contribution is 6.24. The summed E-state index contributed by atoms with van der Waals surface area (Å²) >= 11 is 0.